The summed E-state index contributed by atoms with van der Waals surface area (Å²) in [5.41, 5.74) is 7.13. The topological polar surface area (TPSA) is 94.2 Å². The van der Waals surface area contributed by atoms with E-state index in [1.807, 2.05) is 18.2 Å². The van der Waals surface area contributed by atoms with Crippen LogP contribution in [0.3, 0.4) is 0 Å². The van der Waals surface area contributed by atoms with E-state index >= 15 is 0 Å². The maximum Gasteiger partial charge on any atom is 0.416 e. The molecule has 5 rings (SSSR count). The molecule has 1 aliphatic carbocycles. The molecule has 1 aromatic carbocycles. The number of aromatic nitrogens is 3. The molecule has 2 unspecified atom stereocenters. The molecule has 1 aliphatic heterocycles. The molecule has 2 aliphatic rings. The van der Waals surface area contributed by atoms with Gasteiger partial charge in [-0.15, -0.1) is 0 Å². The zero-order chi connectivity index (χ0) is 26.2. The molecule has 1 fully saturated rings. The third kappa shape index (κ3) is 4.54. The summed E-state index contributed by atoms with van der Waals surface area (Å²) < 4.78 is 44.8. The van der Waals surface area contributed by atoms with Crippen molar-refractivity contribution in [2.24, 2.45) is 5.92 Å². The zero-order valence-corrected chi connectivity index (χ0v) is 19.8. The molecular formula is C27H24F3N5O2. The summed E-state index contributed by atoms with van der Waals surface area (Å²) in [5, 5.41) is 0. The summed E-state index contributed by atoms with van der Waals surface area (Å²) in [6.07, 6.45) is 4.99. The van der Waals surface area contributed by atoms with Gasteiger partial charge in [0.25, 0.3) is 0 Å². The van der Waals surface area contributed by atoms with E-state index in [4.69, 9.17) is 10.5 Å². The predicted molar refractivity (Wildman–Crippen MR) is 132 cm³/mol. The number of pyridine rings is 1. The number of carbonyl (C=O) groups excluding carboxylic acids is 1. The SMILES string of the molecule is C=CC(=O)N1CCC(C2(c3ccc(Oc4cc(C(F)(F)F)ccn4)cc3)CC=Cc3cnc(N)nc32)C1. The number of alkyl halides is 3. The molecule has 0 saturated carbocycles. The first-order chi connectivity index (χ1) is 17.7. The molecule has 0 radical (unpaired) electrons. The van der Waals surface area contributed by atoms with Crippen LogP contribution in [0, 0.1) is 5.92 Å². The average molecular weight is 508 g/mol. The third-order valence-electron chi connectivity index (χ3n) is 7.02. The predicted octanol–water partition coefficient (Wildman–Crippen LogP) is 5.00. The van der Waals surface area contributed by atoms with Gasteiger partial charge in [-0.05, 0) is 48.6 Å². The van der Waals surface area contributed by atoms with Crippen LogP contribution in [0.5, 0.6) is 11.6 Å². The lowest BCUT2D eigenvalue weighted by molar-refractivity contribution is -0.137. The Morgan fingerprint density at radius 3 is 2.73 bits per heavy atom. The summed E-state index contributed by atoms with van der Waals surface area (Å²) in [5.74, 6) is 0.258. The van der Waals surface area contributed by atoms with Crippen LogP contribution in [-0.4, -0.2) is 38.8 Å². The van der Waals surface area contributed by atoms with Gasteiger partial charge in [0.2, 0.25) is 17.7 Å². The second-order valence-electron chi connectivity index (χ2n) is 9.09. The van der Waals surface area contributed by atoms with E-state index in [-0.39, 0.29) is 23.7 Å². The molecule has 7 nitrogen and oxygen atoms in total. The highest BCUT2D eigenvalue weighted by atomic mass is 19.4. The first-order valence-corrected chi connectivity index (χ1v) is 11.7. The van der Waals surface area contributed by atoms with Crippen LogP contribution in [0.2, 0.25) is 0 Å². The smallest absolute Gasteiger partial charge is 0.416 e. The van der Waals surface area contributed by atoms with Crippen LogP contribution in [0.15, 0.2) is 67.5 Å². The number of anilines is 1. The van der Waals surface area contributed by atoms with Crippen molar-refractivity contribution in [1.29, 1.82) is 0 Å². The van der Waals surface area contributed by atoms with Gasteiger partial charge in [-0.1, -0.05) is 30.9 Å². The van der Waals surface area contributed by atoms with Gasteiger partial charge in [0.05, 0.1) is 11.3 Å². The van der Waals surface area contributed by atoms with Crippen molar-refractivity contribution in [3.05, 3.63) is 89.9 Å². The second-order valence-corrected chi connectivity index (χ2v) is 9.09. The summed E-state index contributed by atoms with van der Waals surface area (Å²) in [6, 6.07) is 8.90. The number of ether oxygens (including phenoxy) is 1. The molecule has 2 atom stereocenters. The Morgan fingerprint density at radius 2 is 2.00 bits per heavy atom. The largest absolute Gasteiger partial charge is 0.439 e. The number of amides is 1. The molecule has 1 saturated heterocycles. The molecule has 190 valence electrons. The van der Waals surface area contributed by atoms with Crippen molar-refractivity contribution in [2.75, 3.05) is 18.8 Å². The maximum atomic E-state index is 13.1. The fraction of sp³-hybridized carbons (Fsp3) is 0.259. The van der Waals surface area contributed by atoms with Crippen molar-refractivity contribution < 1.29 is 22.7 Å². The highest BCUT2D eigenvalue weighted by Gasteiger charge is 2.48. The van der Waals surface area contributed by atoms with E-state index in [1.54, 1.807) is 23.2 Å². The van der Waals surface area contributed by atoms with Crippen LogP contribution in [0.25, 0.3) is 6.08 Å². The van der Waals surface area contributed by atoms with Gasteiger partial charge in [0.15, 0.2) is 0 Å². The average Bonchev–Trinajstić information content (AvgIpc) is 3.39. The number of allylic oxidation sites excluding steroid dienone is 1. The van der Waals surface area contributed by atoms with E-state index in [0.29, 0.717) is 25.3 Å². The third-order valence-corrected chi connectivity index (χ3v) is 7.02. The van der Waals surface area contributed by atoms with Crippen molar-refractivity contribution in [2.45, 2.75) is 24.4 Å². The Morgan fingerprint density at radius 1 is 1.22 bits per heavy atom. The van der Waals surface area contributed by atoms with Crippen molar-refractivity contribution in [3.8, 4) is 11.6 Å². The van der Waals surface area contributed by atoms with E-state index < -0.39 is 17.2 Å². The van der Waals surface area contributed by atoms with E-state index in [0.717, 1.165) is 41.6 Å². The monoisotopic (exact) mass is 507 g/mol. The molecule has 37 heavy (non-hydrogen) atoms. The summed E-state index contributed by atoms with van der Waals surface area (Å²) in [7, 11) is 0. The summed E-state index contributed by atoms with van der Waals surface area (Å²) in [4.78, 5) is 26.8. The number of carbonyl (C=O) groups is 1. The van der Waals surface area contributed by atoms with Gasteiger partial charge in [0, 0.05) is 42.5 Å². The van der Waals surface area contributed by atoms with Crippen LogP contribution in [0.4, 0.5) is 19.1 Å². The summed E-state index contributed by atoms with van der Waals surface area (Å²) in [6.45, 7) is 4.73. The van der Waals surface area contributed by atoms with Gasteiger partial charge in [-0.25, -0.2) is 15.0 Å². The molecule has 0 bridgehead atoms. The van der Waals surface area contributed by atoms with Gasteiger partial charge >= 0.3 is 6.18 Å². The Hall–Kier alpha value is -4.21. The number of likely N-dealkylation sites (tertiary alicyclic amines) is 1. The quantitative estimate of drug-likeness (QED) is 0.489. The van der Waals surface area contributed by atoms with Gasteiger partial charge < -0.3 is 15.4 Å². The minimum absolute atomic E-state index is 0.0336. The van der Waals surface area contributed by atoms with Crippen LogP contribution < -0.4 is 10.5 Å². The van der Waals surface area contributed by atoms with Crippen molar-refractivity contribution in [1.82, 2.24) is 19.9 Å². The second kappa shape index (κ2) is 9.34. The lowest BCUT2D eigenvalue weighted by atomic mass is 9.63. The minimum atomic E-state index is -4.50. The van der Waals surface area contributed by atoms with E-state index in [9.17, 15) is 18.0 Å². The number of benzene rings is 1. The van der Waals surface area contributed by atoms with Crippen LogP contribution in [0.1, 0.15) is 35.2 Å². The molecule has 2 N–H and O–H groups in total. The number of rotatable bonds is 5. The standard InChI is InChI=1S/C27H24F3N5O2/c1-2-23(36)35-13-10-20(16-35)26(11-3-4-17-15-33-25(31)34-24(17)26)18-5-7-21(8-6-18)37-22-14-19(9-12-32-22)27(28,29)30/h2-9,12,14-15,20H,1,10-11,13,16H2,(H2,31,33,34). The highest BCUT2D eigenvalue weighted by molar-refractivity contribution is 5.87. The van der Waals surface area contributed by atoms with Crippen molar-refractivity contribution >= 4 is 17.9 Å². The fourth-order valence-corrected chi connectivity index (χ4v) is 5.28. The lowest BCUT2D eigenvalue weighted by Crippen LogP contribution is -2.41. The summed E-state index contributed by atoms with van der Waals surface area (Å²) >= 11 is 0. The number of nitrogens with two attached hydrogens (primary N) is 1. The Labute approximate surface area is 211 Å². The van der Waals surface area contributed by atoms with E-state index in [2.05, 4.69) is 27.6 Å². The van der Waals surface area contributed by atoms with Gasteiger partial charge in [-0.3, -0.25) is 4.79 Å². The number of halogens is 3. The molecule has 10 heteroatoms. The first kappa shape index (κ1) is 24.5. The number of hydrogen-bond donors (Lipinski definition) is 1. The normalized spacial score (nSPS) is 20.9. The number of nitrogen functional groups attached to an aromatic ring is 1. The van der Waals surface area contributed by atoms with Crippen LogP contribution >= 0.6 is 0 Å². The van der Waals surface area contributed by atoms with Crippen LogP contribution in [-0.2, 0) is 16.4 Å². The molecule has 2 aromatic heterocycles. The van der Waals surface area contributed by atoms with E-state index in [1.165, 1.54) is 6.08 Å². The van der Waals surface area contributed by atoms with Gasteiger partial charge in [-0.2, -0.15) is 13.2 Å². The fourth-order valence-electron chi connectivity index (χ4n) is 5.28. The minimum Gasteiger partial charge on any atom is -0.439 e. The van der Waals surface area contributed by atoms with Gasteiger partial charge in [0.1, 0.15) is 5.75 Å². The highest BCUT2D eigenvalue weighted by Crippen LogP contribution is 2.49. The molecule has 1 amide bonds. The number of hydrogen-bond acceptors (Lipinski definition) is 6. The number of fused-ring (bicyclic) bond motifs is 1. The lowest BCUT2D eigenvalue weighted by Gasteiger charge is -2.41. The Kier molecular flexibility index (Phi) is 6.18. The number of nitrogens with zero attached hydrogens (tertiary/aromatic N) is 4. The molecule has 3 aromatic rings. The Bertz CT molecular complexity index is 1370. The maximum absolute atomic E-state index is 13.1. The molecule has 3 heterocycles. The van der Waals surface area contributed by atoms with Crippen molar-refractivity contribution in [3.63, 3.8) is 0 Å². The first-order valence-electron chi connectivity index (χ1n) is 11.7. The molecule has 0 spiro atoms. The zero-order valence-electron chi connectivity index (χ0n) is 19.8. The Balaban J connectivity index is 1.52. The molecular weight excluding hydrogens is 483 g/mol.